The van der Waals surface area contributed by atoms with Gasteiger partial charge in [0.25, 0.3) is 0 Å². The molecule has 96 valence electrons. The Kier molecular flexibility index (Phi) is 4.18. The summed E-state index contributed by atoms with van der Waals surface area (Å²) in [5.41, 5.74) is 2.58. The lowest BCUT2D eigenvalue weighted by molar-refractivity contribution is 0.609. The highest BCUT2D eigenvalue weighted by Crippen LogP contribution is 2.24. The van der Waals surface area contributed by atoms with Gasteiger partial charge in [-0.25, -0.2) is 4.39 Å². The minimum Gasteiger partial charge on any atom is -0.380 e. The molecule has 0 aliphatic rings. The molecule has 0 amide bonds. The lowest BCUT2D eigenvalue weighted by Gasteiger charge is -2.10. The van der Waals surface area contributed by atoms with Crippen LogP contribution in [0.25, 0.3) is 0 Å². The van der Waals surface area contributed by atoms with Gasteiger partial charge in [-0.2, -0.15) is 5.26 Å². The Balaban J connectivity index is 2.20. The Morgan fingerprint density at radius 2 is 2.11 bits per heavy atom. The first-order chi connectivity index (χ1) is 9.11. The van der Waals surface area contributed by atoms with Gasteiger partial charge < -0.3 is 5.32 Å². The molecule has 0 unspecified atom stereocenters. The van der Waals surface area contributed by atoms with E-state index in [4.69, 9.17) is 5.26 Å². The van der Waals surface area contributed by atoms with Crippen LogP contribution in [0.1, 0.15) is 16.7 Å². The van der Waals surface area contributed by atoms with Crippen LogP contribution in [0.3, 0.4) is 0 Å². The number of anilines is 1. The van der Waals surface area contributed by atoms with Crippen LogP contribution in [0.15, 0.2) is 40.9 Å². The Morgan fingerprint density at radius 1 is 1.32 bits per heavy atom. The van der Waals surface area contributed by atoms with Gasteiger partial charge in [-0.3, -0.25) is 0 Å². The Bertz CT molecular complexity index is 647. The fraction of sp³-hybridized carbons (Fsp3) is 0.133. The third-order valence-corrected chi connectivity index (χ3v) is 3.48. The standard InChI is InChI=1S/C15H12BrFN2/c1-10-5-6-13(16)14(7-10)19-9-12-4-2-3-11(8-18)15(12)17/h2-7,19H,9H2,1H3. The van der Waals surface area contributed by atoms with Crippen LogP contribution in [0.5, 0.6) is 0 Å². The maximum absolute atomic E-state index is 13.9. The molecule has 0 fully saturated rings. The molecule has 0 heterocycles. The fourth-order valence-electron chi connectivity index (χ4n) is 1.77. The molecular weight excluding hydrogens is 307 g/mol. The molecule has 0 aliphatic carbocycles. The summed E-state index contributed by atoms with van der Waals surface area (Å²) in [5, 5.41) is 12.0. The third kappa shape index (κ3) is 3.12. The Labute approximate surface area is 120 Å². The number of nitrogens with one attached hydrogen (secondary N) is 1. The lowest BCUT2D eigenvalue weighted by Crippen LogP contribution is -2.03. The van der Waals surface area contributed by atoms with Crippen molar-refractivity contribution in [3.05, 3.63) is 63.4 Å². The number of hydrogen-bond donors (Lipinski definition) is 1. The summed E-state index contributed by atoms with van der Waals surface area (Å²) in [6.45, 7) is 2.33. The molecule has 4 heteroatoms. The van der Waals surface area contributed by atoms with E-state index in [9.17, 15) is 4.39 Å². The van der Waals surface area contributed by atoms with Crippen LogP contribution in [0.4, 0.5) is 10.1 Å². The zero-order valence-electron chi connectivity index (χ0n) is 10.4. The van der Waals surface area contributed by atoms with Gasteiger partial charge in [0, 0.05) is 22.3 Å². The van der Waals surface area contributed by atoms with E-state index in [2.05, 4.69) is 21.2 Å². The summed E-state index contributed by atoms with van der Waals surface area (Å²) >= 11 is 3.44. The molecule has 0 spiro atoms. The van der Waals surface area contributed by atoms with Gasteiger partial charge in [-0.1, -0.05) is 18.2 Å². The number of nitrogens with zero attached hydrogens (tertiary/aromatic N) is 1. The van der Waals surface area contributed by atoms with Crippen molar-refractivity contribution >= 4 is 21.6 Å². The zero-order valence-corrected chi connectivity index (χ0v) is 12.0. The van der Waals surface area contributed by atoms with Crippen molar-refractivity contribution in [3.63, 3.8) is 0 Å². The fourth-order valence-corrected chi connectivity index (χ4v) is 2.15. The van der Waals surface area contributed by atoms with Gasteiger partial charge in [0.05, 0.1) is 5.56 Å². The second kappa shape index (κ2) is 5.85. The van der Waals surface area contributed by atoms with Crippen molar-refractivity contribution in [3.8, 4) is 6.07 Å². The Morgan fingerprint density at radius 3 is 2.84 bits per heavy atom. The molecule has 0 aliphatic heterocycles. The highest BCUT2D eigenvalue weighted by molar-refractivity contribution is 9.10. The SMILES string of the molecule is Cc1ccc(Br)c(NCc2cccc(C#N)c2F)c1. The van der Waals surface area contributed by atoms with Crippen molar-refractivity contribution < 1.29 is 4.39 Å². The van der Waals surface area contributed by atoms with Crippen molar-refractivity contribution in [2.24, 2.45) is 0 Å². The molecule has 0 saturated heterocycles. The third-order valence-electron chi connectivity index (χ3n) is 2.79. The number of rotatable bonds is 3. The first-order valence-electron chi connectivity index (χ1n) is 5.79. The van der Waals surface area contributed by atoms with E-state index >= 15 is 0 Å². The first kappa shape index (κ1) is 13.6. The number of aryl methyl sites for hydroxylation is 1. The van der Waals surface area contributed by atoms with Crippen LogP contribution >= 0.6 is 15.9 Å². The van der Waals surface area contributed by atoms with E-state index < -0.39 is 5.82 Å². The van der Waals surface area contributed by atoms with Gasteiger partial charge in [-0.15, -0.1) is 0 Å². The van der Waals surface area contributed by atoms with E-state index in [1.54, 1.807) is 12.1 Å². The summed E-state index contributed by atoms with van der Waals surface area (Å²) in [7, 11) is 0. The van der Waals surface area contributed by atoms with E-state index in [0.717, 1.165) is 15.7 Å². The number of halogens is 2. The molecule has 2 rings (SSSR count). The number of benzene rings is 2. The van der Waals surface area contributed by atoms with Crippen molar-refractivity contribution in [1.82, 2.24) is 0 Å². The number of nitriles is 1. The molecule has 1 N–H and O–H groups in total. The van der Waals surface area contributed by atoms with Gasteiger partial charge in [0.2, 0.25) is 0 Å². The summed E-state index contributed by atoms with van der Waals surface area (Å²) in [6, 6.07) is 12.6. The molecule has 0 atom stereocenters. The normalized spacial score (nSPS) is 10.0. The molecule has 19 heavy (non-hydrogen) atoms. The molecular formula is C15H12BrFN2. The topological polar surface area (TPSA) is 35.8 Å². The molecule has 0 saturated carbocycles. The average molecular weight is 319 g/mol. The summed E-state index contributed by atoms with van der Waals surface area (Å²) in [4.78, 5) is 0. The lowest BCUT2D eigenvalue weighted by atomic mass is 10.1. The minimum absolute atomic E-state index is 0.0719. The van der Waals surface area contributed by atoms with Gasteiger partial charge in [0.15, 0.2) is 0 Å². The molecule has 0 bridgehead atoms. The first-order valence-corrected chi connectivity index (χ1v) is 6.58. The molecule has 2 nitrogen and oxygen atoms in total. The molecule has 2 aromatic rings. The quantitative estimate of drug-likeness (QED) is 0.911. The highest BCUT2D eigenvalue weighted by Gasteiger charge is 2.08. The highest BCUT2D eigenvalue weighted by atomic mass is 79.9. The molecule has 0 radical (unpaired) electrons. The largest absolute Gasteiger partial charge is 0.380 e. The van der Waals surface area contributed by atoms with Crippen LogP contribution < -0.4 is 5.32 Å². The summed E-state index contributed by atoms with van der Waals surface area (Å²) in [6.07, 6.45) is 0. The van der Waals surface area contributed by atoms with Gasteiger partial charge in [0.1, 0.15) is 11.9 Å². The predicted molar refractivity (Wildman–Crippen MR) is 77.3 cm³/mol. The van der Waals surface area contributed by atoms with E-state index in [1.165, 1.54) is 6.07 Å². The summed E-state index contributed by atoms with van der Waals surface area (Å²) < 4.78 is 14.8. The molecule has 2 aromatic carbocycles. The second-order valence-electron chi connectivity index (χ2n) is 4.23. The minimum atomic E-state index is -0.457. The predicted octanol–water partition coefficient (Wildman–Crippen LogP) is 4.38. The monoisotopic (exact) mass is 318 g/mol. The number of hydrogen-bond acceptors (Lipinski definition) is 2. The van der Waals surface area contributed by atoms with Crippen LogP contribution in [0, 0.1) is 24.1 Å². The van der Waals surface area contributed by atoms with Crippen LogP contribution in [0.2, 0.25) is 0 Å². The van der Waals surface area contributed by atoms with Crippen LogP contribution in [-0.2, 0) is 6.54 Å². The van der Waals surface area contributed by atoms with Crippen LogP contribution in [-0.4, -0.2) is 0 Å². The maximum Gasteiger partial charge on any atom is 0.145 e. The zero-order chi connectivity index (χ0) is 13.8. The smallest absolute Gasteiger partial charge is 0.145 e. The maximum atomic E-state index is 13.9. The van der Waals surface area contributed by atoms with E-state index in [1.807, 2.05) is 31.2 Å². The van der Waals surface area contributed by atoms with Crippen molar-refractivity contribution in [1.29, 1.82) is 5.26 Å². The van der Waals surface area contributed by atoms with E-state index in [-0.39, 0.29) is 5.56 Å². The van der Waals surface area contributed by atoms with Crippen molar-refractivity contribution in [2.45, 2.75) is 13.5 Å². The Hall–Kier alpha value is -1.86. The summed E-state index contributed by atoms with van der Waals surface area (Å²) in [5.74, 6) is -0.457. The van der Waals surface area contributed by atoms with Gasteiger partial charge >= 0.3 is 0 Å². The second-order valence-corrected chi connectivity index (χ2v) is 5.08. The van der Waals surface area contributed by atoms with E-state index in [0.29, 0.717) is 12.1 Å². The average Bonchev–Trinajstić information content (AvgIpc) is 2.41. The molecule has 0 aromatic heterocycles. The van der Waals surface area contributed by atoms with Gasteiger partial charge in [-0.05, 0) is 46.6 Å². The van der Waals surface area contributed by atoms with Crippen molar-refractivity contribution in [2.75, 3.05) is 5.32 Å².